The molecule has 0 radical (unpaired) electrons. The summed E-state index contributed by atoms with van der Waals surface area (Å²) in [5.41, 5.74) is -3.81. The van der Waals surface area contributed by atoms with Crippen molar-refractivity contribution in [3.05, 3.63) is 41.7 Å². The fourth-order valence-electron chi connectivity index (χ4n) is 7.89. The molecule has 0 amide bonds. The minimum Gasteiger partial charge on any atom is -0.504 e. The van der Waals surface area contributed by atoms with Gasteiger partial charge in [-0.15, -0.1) is 0 Å². The van der Waals surface area contributed by atoms with Crippen LogP contribution in [-0.4, -0.2) is 159 Å². The maximum atomic E-state index is 13.5. The summed E-state index contributed by atoms with van der Waals surface area (Å²) in [6.07, 6.45) is -14.0. The molecule has 1 aromatic carbocycles. The minimum absolute atomic E-state index is 0.322. The van der Waals surface area contributed by atoms with E-state index in [0.717, 1.165) is 33.3 Å². The molecule has 5 rings (SSSR count). The minimum atomic E-state index is -2.31. The molecule has 336 valence electrons. The zero-order valence-electron chi connectivity index (χ0n) is 33.6. The Morgan fingerprint density at radius 3 is 2.23 bits per heavy atom. The summed E-state index contributed by atoms with van der Waals surface area (Å²) >= 11 is 0. The van der Waals surface area contributed by atoms with Crippen LogP contribution < -0.4 is 0 Å². The first-order valence-corrected chi connectivity index (χ1v) is 18.8. The van der Waals surface area contributed by atoms with Gasteiger partial charge in [0.05, 0.1) is 42.8 Å². The average molecular weight is 869 g/mol. The molecular formula is C39H48O22. The zero-order valence-corrected chi connectivity index (χ0v) is 33.6. The summed E-state index contributed by atoms with van der Waals surface area (Å²) < 4.78 is 48.9. The van der Waals surface area contributed by atoms with E-state index >= 15 is 0 Å². The molecule has 1 saturated carbocycles. The van der Waals surface area contributed by atoms with Gasteiger partial charge >= 0.3 is 35.8 Å². The smallest absolute Gasteiger partial charge is 0.348 e. The molecule has 3 heterocycles. The maximum Gasteiger partial charge on any atom is 0.348 e. The number of aliphatic hydroxyl groups is 5. The average Bonchev–Trinajstić information content (AvgIpc) is 3.41. The number of hydrogen-bond donors (Lipinski definition) is 7. The van der Waals surface area contributed by atoms with E-state index in [9.17, 15) is 64.5 Å². The second-order valence-electron chi connectivity index (χ2n) is 15.6. The molecular weight excluding hydrogens is 820 g/mol. The molecule has 2 saturated heterocycles. The lowest BCUT2D eigenvalue weighted by Gasteiger charge is -2.44. The van der Waals surface area contributed by atoms with Gasteiger partial charge in [0.2, 0.25) is 12.4 Å². The Balaban J connectivity index is 1.34. The number of phenolic OH excluding ortho intramolecular Hbond substituents is 2. The van der Waals surface area contributed by atoms with Gasteiger partial charge in [-0.1, -0.05) is 19.9 Å². The number of carbonyl (C=O) groups excluding carboxylic acids is 6. The molecule has 7 unspecified atom stereocenters. The van der Waals surface area contributed by atoms with Gasteiger partial charge in [0.25, 0.3) is 0 Å². The van der Waals surface area contributed by atoms with Crippen LogP contribution in [0.15, 0.2) is 36.1 Å². The standard InChI is InChI=1S/C39H48O22/c1-15-30(59-22(44)10-8-17-7-9-19(42)20(43)11-17)38(3,4)32(60-33(15)49)35(51)54-14-23(45)58-29-24-18(34(50)53-6)13-55-36(25(24)39(5,52)31(29)56-16(2)41)61-37-28(48)27(47)26(46)21(12-40)57-37/h7-11,13,15,21,24-32,36-37,40,42-43,46-48,52H,12,14H2,1-6H3/b10-8+/t15?,21?,24-,25-,26?,27?,28?,29+,30?,31-,32-,36+,37?,39+/m1/s1. The van der Waals surface area contributed by atoms with Crippen molar-refractivity contribution < 1.29 is 107 Å². The molecule has 7 N–H and O–H groups in total. The van der Waals surface area contributed by atoms with Crippen molar-refractivity contribution in [2.75, 3.05) is 20.3 Å². The van der Waals surface area contributed by atoms with Crippen molar-refractivity contribution in [2.24, 2.45) is 23.2 Å². The Labute approximate surface area is 347 Å². The SMILES string of the molecule is COC(=O)C1=CO[C@@H](OC2OC(CO)C(O)C(O)C2O)[C@H]2[C@@H]1[C@H](OC(=O)COC(=O)[C@H]1OC(=O)C(C)C(OC(=O)/C=C/c3ccc(O)c(O)c3)C1(C)C)[C@@H](OC(C)=O)[C@@]2(C)O. The van der Waals surface area contributed by atoms with Crippen molar-refractivity contribution >= 4 is 41.9 Å². The van der Waals surface area contributed by atoms with E-state index in [1.807, 2.05) is 0 Å². The van der Waals surface area contributed by atoms with Gasteiger partial charge in [-0.05, 0) is 37.6 Å². The van der Waals surface area contributed by atoms with E-state index in [4.69, 9.17) is 42.6 Å². The van der Waals surface area contributed by atoms with Crippen molar-refractivity contribution in [1.82, 2.24) is 0 Å². The van der Waals surface area contributed by atoms with Gasteiger partial charge in [0.1, 0.15) is 42.2 Å². The lowest BCUT2D eigenvalue weighted by Crippen LogP contribution is -2.61. The highest BCUT2D eigenvalue weighted by Gasteiger charge is 2.68. The number of aliphatic hydroxyl groups excluding tert-OH is 4. The molecule has 61 heavy (non-hydrogen) atoms. The maximum absolute atomic E-state index is 13.5. The molecule has 14 atom stereocenters. The van der Waals surface area contributed by atoms with E-state index in [1.54, 1.807) is 0 Å². The van der Waals surface area contributed by atoms with Gasteiger partial charge in [-0.25, -0.2) is 19.2 Å². The first kappa shape index (κ1) is 46.7. The topological polar surface area (TPSA) is 327 Å². The Kier molecular flexibility index (Phi) is 14.0. The predicted molar refractivity (Wildman–Crippen MR) is 195 cm³/mol. The summed E-state index contributed by atoms with van der Waals surface area (Å²) in [6, 6.07) is 3.79. The number of phenols is 2. The van der Waals surface area contributed by atoms with Crippen LogP contribution in [-0.2, 0) is 71.4 Å². The van der Waals surface area contributed by atoms with Crippen LogP contribution in [0, 0.1) is 23.2 Å². The van der Waals surface area contributed by atoms with E-state index in [1.165, 1.54) is 45.0 Å². The van der Waals surface area contributed by atoms with Crippen LogP contribution in [0.1, 0.15) is 40.2 Å². The fourth-order valence-corrected chi connectivity index (χ4v) is 7.89. The van der Waals surface area contributed by atoms with Gasteiger partial charge in [-0.2, -0.15) is 0 Å². The number of ether oxygens (including phenoxy) is 9. The Morgan fingerprint density at radius 1 is 0.918 bits per heavy atom. The number of methoxy groups -OCH3 is 1. The van der Waals surface area contributed by atoms with Crippen LogP contribution in [0.25, 0.3) is 6.08 Å². The summed E-state index contributed by atoms with van der Waals surface area (Å²) in [5.74, 6) is -11.4. The lowest BCUT2D eigenvalue weighted by molar-refractivity contribution is -0.347. The molecule has 1 aromatic rings. The Hall–Kier alpha value is -5.36. The number of rotatable bonds is 12. The Morgan fingerprint density at radius 2 is 1.61 bits per heavy atom. The van der Waals surface area contributed by atoms with Crippen molar-refractivity contribution in [3.8, 4) is 11.5 Å². The predicted octanol–water partition coefficient (Wildman–Crippen LogP) is -1.78. The molecule has 4 aliphatic rings. The van der Waals surface area contributed by atoms with Gasteiger partial charge in [0.15, 0.2) is 30.5 Å². The van der Waals surface area contributed by atoms with E-state index < -0.39 is 145 Å². The molecule has 1 aliphatic carbocycles. The zero-order chi connectivity index (χ0) is 45.3. The van der Waals surface area contributed by atoms with Gasteiger partial charge in [-0.3, -0.25) is 9.59 Å². The number of cyclic esters (lactones) is 1. The third kappa shape index (κ3) is 9.44. The summed E-state index contributed by atoms with van der Waals surface area (Å²) in [4.78, 5) is 78.1. The van der Waals surface area contributed by atoms with E-state index in [2.05, 4.69) is 0 Å². The van der Waals surface area contributed by atoms with Crippen LogP contribution in [0.4, 0.5) is 0 Å². The van der Waals surface area contributed by atoms with E-state index in [-0.39, 0.29) is 11.3 Å². The molecule has 3 aliphatic heterocycles. The van der Waals surface area contributed by atoms with Crippen molar-refractivity contribution in [2.45, 2.75) is 102 Å². The second-order valence-corrected chi connectivity index (χ2v) is 15.6. The molecule has 0 aromatic heterocycles. The lowest BCUT2D eigenvalue weighted by atomic mass is 9.73. The Bertz CT molecular complexity index is 1920. The highest BCUT2D eigenvalue weighted by atomic mass is 16.8. The number of hydrogen-bond acceptors (Lipinski definition) is 22. The van der Waals surface area contributed by atoms with Crippen molar-refractivity contribution in [3.63, 3.8) is 0 Å². The number of esters is 6. The third-order valence-electron chi connectivity index (χ3n) is 11.0. The van der Waals surface area contributed by atoms with Crippen LogP contribution in [0.3, 0.4) is 0 Å². The van der Waals surface area contributed by atoms with Gasteiger partial charge < -0.3 is 78.4 Å². The van der Waals surface area contributed by atoms with Crippen molar-refractivity contribution in [1.29, 1.82) is 0 Å². The molecule has 22 nitrogen and oxygen atoms in total. The second kappa shape index (κ2) is 18.3. The molecule has 0 spiro atoms. The largest absolute Gasteiger partial charge is 0.504 e. The molecule has 22 heteroatoms. The quantitative estimate of drug-likeness (QED) is 0.0529. The highest BCUT2D eigenvalue weighted by molar-refractivity contribution is 5.90. The first-order chi connectivity index (χ1) is 28.5. The summed E-state index contributed by atoms with van der Waals surface area (Å²) in [6.45, 7) is 4.41. The van der Waals surface area contributed by atoms with Crippen LogP contribution >= 0.6 is 0 Å². The van der Waals surface area contributed by atoms with E-state index in [0.29, 0.717) is 5.56 Å². The first-order valence-electron chi connectivity index (χ1n) is 18.8. The molecule has 0 bridgehead atoms. The third-order valence-corrected chi connectivity index (χ3v) is 11.0. The summed E-state index contributed by atoms with van der Waals surface area (Å²) in [5, 5.41) is 72.0. The number of fused-ring (bicyclic) bond motifs is 1. The normalized spacial score (nSPS) is 35.4. The van der Waals surface area contributed by atoms with Crippen LogP contribution in [0.2, 0.25) is 0 Å². The molecule has 3 fully saturated rings. The number of aromatic hydroxyl groups is 2. The fraction of sp³-hybridized carbons (Fsp3) is 0.590. The van der Waals surface area contributed by atoms with Gasteiger partial charge in [0, 0.05) is 18.9 Å². The highest BCUT2D eigenvalue weighted by Crippen LogP contribution is 2.52. The summed E-state index contributed by atoms with van der Waals surface area (Å²) in [7, 11) is 1.01. The number of carbonyl (C=O) groups is 6. The van der Waals surface area contributed by atoms with Crippen LogP contribution in [0.5, 0.6) is 11.5 Å². The monoisotopic (exact) mass is 868 g/mol. The number of benzene rings is 1.